The molecule has 0 radical (unpaired) electrons. The molecule has 0 saturated carbocycles. The number of halogens is 2. The van der Waals surface area contributed by atoms with Crippen LogP contribution in [0.2, 0.25) is 0 Å². The number of hydrogen-bond donors (Lipinski definition) is 2. The van der Waals surface area contributed by atoms with Gasteiger partial charge in [0.15, 0.2) is 5.78 Å². The molecule has 42 heavy (non-hydrogen) atoms. The lowest BCUT2D eigenvalue weighted by Crippen LogP contribution is -2.48. The van der Waals surface area contributed by atoms with Gasteiger partial charge in [0.1, 0.15) is 12.7 Å². The van der Waals surface area contributed by atoms with Gasteiger partial charge in [0.25, 0.3) is 0 Å². The zero-order valence-electron chi connectivity index (χ0n) is 24.9. The summed E-state index contributed by atoms with van der Waals surface area (Å²) in [5, 5.41) is 4.35. The summed E-state index contributed by atoms with van der Waals surface area (Å²) in [7, 11) is 1.53. The second kappa shape index (κ2) is 15.0. The first-order valence-electron chi connectivity index (χ1n) is 14.3. The van der Waals surface area contributed by atoms with Crippen molar-refractivity contribution in [3.63, 3.8) is 0 Å². The number of carbonyl (C=O) groups excluding carboxylic acids is 1. The summed E-state index contributed by atoms with van der Waals surface area (Å²) in [5.41, 5.74) is 6.84. The van der Waals surface area contributed by atoms with Crippen molar-refractivity contribution in [3.05, 3.63) is 87.1 Å². The number of rotatable bonds is 11. The van der Waals surface area contributed by atoms with E-state index in [1.54, 1.807) is 22.9 Å². The number of ketones is 1. The summed E-state index contributed by atoms with van der Waals surface area (Å²) in [5.74, 6) is 0.536. The zero-order chi connectivity index (χ0) is 30.2. The maximum atomic E-state index is 12.7. The van der Waals surface area contributed by atoms with Gasteiger partial charge in [0.2, 0.25) is 6.17 Å². The predicted molar refractivity (Wildman–Crippen MR) is 173 cm³/mol. The third-order valence-electron chi connectivity index (χ3n) is 7.64. The largest absolute Gasteiger partial charge is 0.374 e. The third kappa shape index (κ3) is 8.16. The molecule has 8 nitrogen and oxygen atoms in total. The van der Waals surface area contributed by atoms with Crippen LogP contribution >= 0.6 is 23.2 Å². The number of aliphatic imine (C=N–C) groups is 1. The molecule has 1 saturated heterocycles. The first-order chi connectivity index (χ1) is 20.2. The van der Waals surface area contributed by atoms with Gasteiger partial charge in [-0.2, -0.15) is 5.48 Å². The van der Waals surface area contributed by atoms with E-state index in [2.05, 4.69) is 70.4 Å². The molecule has 2 aliphatic heterocycles. The lowest BCUT2D eigenvalue weighted by atomic mass is 9.97. The Kier molecular flexibility index (Phi) is 11.5. The molecule has 0 amide bonds. The van der Waals surface area contributed by atoms with Crippen molar-refractivity contribution < 1.29 is 14.2 Å². The van der Waals surface area contributed by atoms with E-state index in [9.17, 15) is 4.79 Å². The van der Waals surface area contributed by atoms with Crippen molar-refractivity contribution in [2.24, 2.45) is 4.99 Å². The Labute approximate surface area is 259 Å². The quantitative estimate of drug-likeness (QED) is 0.203. The number of hydroxylamine groups is 1. The molecule has 10 heteroatoms. The first kappa shape index (κ1) is 32.1. The van der Waals surface area contributed by atoms with Crippen molar-refractivity contribution in [3.8, 4) is 0 Å². The Balaban J connectivity index is 1.45. The molecule has 224 valence electrons. The van der Waals surface area contributed by atoms with Crippen LogP contribution in [-0.2, 0) is 16.2 Å². The van der Waals surface area contributed by atoms with Crippen LogP contribution in [0.4, 0.5) is 5.69 Å². The van der Waals surface area contributed by atoms with Crippen LogP contribution in [-0.4, -0.2) is 84.8 Å². The minimum Gasteiger partial charge on any atom is -0.374 e. The van der Waals surface area contributed by atoms with Crippen LogP contribution in [0.1, 0.15) is 32.8 Å². The van der Waals surface area contributed by atoms with Gasteiger partial charge < -0.3 is 10.2 Å². The summed E-state index contributed by atoms with van der Waals surface area (Å²) in [6.45, 7) is 16.1. The Morgan fingerprint density at radius 2 is 1.93 bits per heavy atom. The molecule has 1 aromatic rings. The molecule has 1 aromatic carbocycles. The number of piperazine rings is 1. The minimum absolute atomic E-state index is 0.165. The van der Waals surface area contributed by atoms with Crippen molar-refractivity contribution in [1.82, 2.24) is 15.3 Å². The molecule has 0 bridgehead atoms. The molecule has 1 atom stereocenters. The van der Waals surface area contributed by atoms with Crippen LogP contribution in [0.5, 0.6) is 0 Å². The average molecular weight is 613 g/mol. The summed E-state index contributed by atoms with van der Waals surface area (Å²) in [6, 6.07) is 9.15. The van der Waals surface area contributed by atoms with Gasteiger partial charge in [0.05, 0.1) is 19.4 Å². The number of amidine groups is 1. The smallest absolute Gasteiger partial charge is 0.318 e. The Morgan fingerprint density at radius 1 is 1.21 bits per heavy atom. The molecule has 1 aliphatic carbocycles. The predicted octanol–water partition coefficient (Wildman–Crippen LogP) is 5.20. The lowest BCUT2D eigenvalue weighted by molar-refractivity contribution is -0.459. The molecule has 0 spiro atoms. The van der Waals surface area contributed by atoms with Gasteiger partial charge in [-0.15, -0.1) is 0 Å². The molecule has 1 fully saturated rings. The number of allylic oxidation sites excluding steroid dienone is 7. The number of hydrogen-bond acceptors (Lipinski definition) is 7. The molecule has 3 aliphatic rings. The fourth-order valence-corrected chi connectivity index (χ4v) is 5.79. The summed E-state index contributed by atoms with van der Waals surface area (Å²) in [4.78, 5) is 27.7. The fourth-order valence-electron chi connectivity index (χ4n) is 5.16. The van der Waals surface area contributed by atoms with Crippen molar-refractivity contribution >= 4 is 47.2 Å². The SMILES string of the molecule is C=[N+]1C(CNc2ccc(CN3CCN(C(C)C)CC3)cc2)=NC=C(/C=C(\C(C)=O)C2=C(Cl)CC=CC=C2Cl)C1NOC. The van der Waals surface area contributed by atoms with Crippen molar-refractivity contribution in [1.29, 1.82) is 0 Å². The highest BCUT2D eigenvalue weighted by atomic mass is 35.5. The van der Waals surface area contributed by atoms with Gasteiger partial charge in [-0.1, -0.05) is 52.5 Å². The highest BCUT2D eigenvalue weighted by Crippen LogP contribution is 2.34. The molecule has 2 N–H and O–H groups in total. The second-order valence-corrected chi connectivity index (χ2v) is 11.7. The number of nitrogens with zero attached hydrogens (tertiary/aromatic N) is 4. The van der Waals surface area contributed by atoms with E-state index < -0.39 is 6.17 Å². The highest BCUT2D eigenvalue weighted by Gasteiger charge is 2.31. The van der Waals surface area contributed by atoms with E-state index in [-0.39, 0.29) is 5.78 Å². The number of nitrogens with one attached hydrogen (secondary N) is 2. The maximum absolute atomic E-state index is 12.7. The van der Waals surface area contributed by atoms with Crippen LogP contribution in [0, 0.1) is 0 Å². The maximum Gasteiger partial charge on any atom is 0.318 e. The van der Waals surface area contributed by atoms with E-state index >= 15 is 0 Å². The van der Waals surface area contributed by atoms with Crippen LogP contribution in [0.3, 0.4) is 0 Å². The number of carbonyl (C=O) groups is 1. The summed E-state index contributed by atoms with van der Waals surface area (Å²) < 4.78 is 1.73. The second-order valence-electron chi connectivity index (χ2n) is 10.9. The van der Waals surface area contributed by atoms with Crippen LogP contribution in [0.15, 0.2) is 86.5 Å². The molecular weight excluding hydrogens is 571 g/mol. The topological polar surface area (TPSA) is 72.2 Å². The summed E-state index contributed by atoms with van der Waals surface area (Å²) >= 11 is 13.1. The van der Waals surface area contributed by atoms with Gasteiger partial charge in [-0.05, 0) is 50.6 Å². The van der Waals surface area contributed by atoms with E-state index in [4.69, 9.17) is 28.0 Å². The van der Waals surface area contributed by atoms with Crippen molar-refractivity contribution in [2.45, 2.75) is 45.9 Å². The van der Waals surface area contributed by atoms with Gasteiger partial charge >= 0.3 is 5.84 Å². The Hall–Kier alpha value is -2.85. The lowest BCUT2D eigenvalue weighted by Gasteiger charge is -2.36. The Morgan fingerprint density at radius 3 is 2.57 bits per heavy atom. The highest BCUT2D eigenvalue weighted by molar-refractivity contribution is 6.37. The van der Waals surface area contributed by atoms with E-state index in [1.807, 2.05) is 12.2 Å². The molecular formula is C32H41Cl2N6O2+. The monoisotopic (exact) mass is 611 g/mol. The number of benzene rings is 1. The number of anilines is 1. The standard InChI is InChI=1S/C32H41Cl2N6O2/c1-22(2)40-16-14-39(15-17-40)21-24-10-12-26(13-11-24)35-20-30-36-19-25(32(37-42-5)38(30)4)18-27(23(3)41)31-28(33)8-6-7-9-29(31)34/h6-8,10-13,18-19,22,32,35,37H,4,9,14-17,20-21H2,1-3,5H3/q+1/b27-18+. The van der Waals surface area contributed by atoms with E-state index in [0.29, 0.717) is 51.6 Å². The normalized spacial score (nSPS) is 20.8. The molecule has 4 rings (SSSR count). The number of Topliss-reactive ketones (excluding diaryl/α,β-unsaturated/α-hetero) is 1. The van der Waals surface area contributed by atoms with Gasteiger partial charge in [0, 0.05) is 72.1 Å². The molecule has 0 aromatic heterocycles. The van der Waals surface area contributed by atoms with Crippen LogP contribution in [0.25, 0.3) is 0 Å². The minimum atomic E-state index is -0.497. The van der Waals surface area contributed by atoms with Crippen molar-refractivity contribution in [2.75, 3.05) is 45.2 Å². The molecule has 2 heterocycles. The molecule has 1 unspecified atom stereocenters. The van der Waals surface area contributed by atoms with Gasteiger partial charge in [-0.25, -0.2) is 4.58 Å². The van der Waals surface area contributed by atoms with E-state index in [0.717, 1.165) is 38.4 Å². The Bertz CT molecular complexity index is 1350. The average Bonchev–Trinajstić information content (AvgIpc) is 3.13. The first-order valence-corrected chi connectivity index (χ1v) is 15.0. The van der Waals surface area contributed by atoms with E-state index in [1.165, 1.54) is 19.6 Å². The fraction of sp³-hybridized carbons (Fsp3) is 0.406. The summed E-state index contributed by atoms with van der Waals surface area (Å²) in [6.07, 6.45) is 8.90. The van der Waals surface area contributed by atoms with Gasteiger partial charge in [-0.3, -0.25) is 14.6 Å². The van der Waals surface area contributed by atoms with Crippen LogP contribution < -0.4 is 10.8 Å². The zero-order valence-corrected chi connectivity index (χ0v) is 26.4. The third-order valence-corrected chi connectivity index (χ3v) is 8.30.